The molecule has 116 valence electrons. The molecule has 21 heavy (non-hydrogen) atoms. The van der Waals surface area contributed by atoms with Crippen LogP contribution in [-0.2, 0) is 10.0 Å². The second-order valence-electron chi connectivity index (χ2n) is 5.81. The van der Waals surface area contributed by atoms with E-state index in [0.29, 0.717) is 5.56 Å². The van der Waals surface area contributed by atoms with Gasteiger partial charge in [0, 0.05) is 18.7 Å². The van der Waals surface area contributed by atoms with Gasteiger partial charge >= 0.3 is 0 Å². The Balaban J connectivity index is 2.42. The highest BCUT2D eigenvalue weighted by molar-refractivity contribution is 7.89. The lowest BCUT2D eigenvalue weighted by molar-refractivity contribution is 0.0734. The van der Waals surface area contributed by atoms with Gasteiger partial charge in [-0.3, -0.25) is 4.79 Å². The molecule has 0 atom stereocenters. The van der Waals surface area contributed by atoms with E-state index < -0.39 is 10.0 Å². The molecule has 5 nitrogen and oxygen atoms in total. The zero-order valence-electron chi connectivity index (χ0n) is 12.7. The summed E-state index contributed by atoms with van der Waals surface area (Å²) < 4.78 is 23.1. The van der Waals surface area contributed by atoms with Crippen LogP contribution in [0, 0.1) is 13.8 Å². The Morgan fingerprint density at radius 2 is 1.81 bits per heavy atom. The molecule has 0 aromatic heterocycles. The number of nitrogens with zero attached hydrogens (tertiary/aromatic N) is 1. The number of carbonyl (C=O) groups excluding carboxylic acids is 1. The lowest BCUT2D eigenvalue weighted by Crippen LogP contribution is -2.35. The minimum absolute atomic E-state index is 0.00577. The molecule has 1 amide bonds. The minimum atomic E-state index is -3.81. The van der Waals surface area contributed by atoms with Crippen LogP contribution in [0.4, 0.5) is 0 Å². The fraction of sp³-hybridized carbons (Fsp3) is 0.533. The molecule has 6 heteroatoms. The zero-order valence-corrected chi connectivity index (χ0v) is 13.5. The quantitative estimate of drug-likeness (QED) is 0.926. The summed E-state index contributed by atoms with van der Waals surface area (Å²) in [6, 6.07) is 3.15. The highest BCUT2D eigenvalue weighted by Gasteiger charge is 2.26. The van der Waals surface area contributed by atoms with E-state index in [9.17, 15) is 13.2 Å². The van der Waals surface area contributed by atoms with E-state index in [4.69, 9.17) is 5.14 Å². The molecule has 1 aliphatic carbocycles. The molecule has 1 fully saturated rings. The molecular weight excluding hydrogens is 288 g/mol. The number of sulfonamides is 1. The maximum Gasteiger partial charge on any atom is 0.254 e. The fourth-order valence-electron chi connectivity index (χ4n) is 2.86. The SMILES string of the molecule is Cc1cc(S(N)(=O)=O)cc(C(=O)N(C)C2CCCC2)c1C. The van der Waals surface area contributed by atoms with Crippen LogP contribution in [0.25, 0.3) is 0 Å². The van der Waals surface area contributed by atoms with Crippen molar-refractivity contribution in [3.05, 3.63) is 28.8 Å². The predicted octanol–water partition coefficient (Wildman–Crippen LogP) is 1.97. The molecule has 0 unspecified atom stereocenters. The highest BCUT2D eigenvalue weighted by Crippen LogP contribution is 2.26. The van der Waals surface area contributed by atoms with E-state index in [1.807, 2.05) is 6.92 Å². The van der Waals surface area contributed by atoms with Gasteiger partial charge in [0.2, 0.25) is 10.0 Å². The molecule has 1 aromatic rings. The van der Waals surface area contributed by atoms with Crippen LogP contribution in [0.2, 0.25) is 0 Å². The van der Waals surface area contributed by atoms with Crippen molar-refractivity contribution in [1.29, 1.82) is 0 Å². The molecule has 0 aliphatic heterocycles. The van der Waals surface area contributed by atoms with Crippen molar-refractivity contribution in [1.82, 2.24) is 4.90 Å². The van der Waals surface area contributed by atoms with Crippen molar-refractivity contribution in [2.24, 2.45) is 5.14 Å². The Kier molecular flexibility index (Phi) is 4.39. The molecule has 0 heterocycles. The Bertz CT molecular complexity index is 662. The minimum Gasteiger partial charge on any atom is -0.339 e. The molecule has 2 N–H and O–H groups in total. The largest absolute Gasteiger partial charge is 0.339 e. The summed E-state index contributed by atoms with van der Waals surface area (Å²) in [4.78, 5) is 14.4. The first-order valence-electron chi connectivity index (χ1n) is 7.13. The molecule has 1 aliphatic rings. The zero-order chi connectivity index (χ0) is 15.8. The van der Waals surface area contributed by atoms with E-state index >= 15 is 0 Å². The number of rotatable bonds is 3. The van der Waals surface area contributed by atoms with Gasteiger partial charge in [-0.1, -0.05) is 12.8 Å². The van der Waals surface area contributed by atoms with Gasteiger partial charge in [-0.2, -0.15) is 0 Å². The number of nitrogens with two attached hydrogens (primary N) is 1. The van der Waals surface area contributed by atoms with Gasteiger partial charge in [0.05, 0.1) is 4.90 Å². The Morgan fingerprint density at radius 3 is 2.33 bits per heavy atom. The standard InChI is InChI=1S/C15H22N2O3S/c1-10-8-13(21(16,19)20)9-14(11(10)2)15(18)17(3)12-6-4-5-7-12/h8-9,12H,4-7H2,1-3H3,(H2,16,19,20). The van der Waals surface area contributed by atoms with Gasteiger partial charge in [0.25, 0.3) is 5.91 Å². The first kappa shape index (κ1) is 16.0. The summed E-state index contributed by atoms with van der Waals surface area (Å²) >= 11 is 0. The van der Waals surface area contributed by atoms with Crippen LogP contribution in [0.3, 0.4) is 0 Å². The summed E-state index contributed by atoms with van der Waals surface area (Å²) in [7, 11) is -2.03. The molecule has 0 spiro atoms. The third-order valence-electron chi connectivity index (χ3n) is 4.39. The summed E-state index contributed by atoms with van der Waals surface area (Å²) in [5.41, 5.74) is 1.98. The van der Waals surface area contributed by atoms with Gasteiger partial charge in [-0.25, -0.2) is 13.6 Å². The molecule has 0 saturated heterocycles. The van der Waals surface area contributed by atoms with Crippen LogP contribution in [-0.4, -0.2) is 32.3 Å². The second kappa shape index (κ2) is 5.77. The van der Waals surface area contributed by atoms with Crippen molar-refractivity contribution in [3.63, 3.8) is 0 Å². The first-order valence-corrected chi connectivity index (χ1v) is 8.67. The topological polar surface area (TPSA) is 80.5 Å². The second-order valence-corrected chi connectivity index (χ2v) is 7.37. The Morgan fingerprint density at radius 1 is 1.24 bits per heavy atom. The number of benzene rings is 1. The molecule has 2 rings (SSSR count). The van der Waals surface area contributed by atoms with E-state index in [1.54, 1.807) is 18.9 Å². The molecule has 1 aromatic carbocycles. The van der Waals surface area contributed by atoms with Gasteiger partial charge in [-0.15, -0.1) is 0 Å². The smallest absolute Gasteiger partial charge is 0.254 e. The highest BCUT2D eigenvalue weighted by atomic mass is 32.2. The monoisotopic (exact) mass is 310 g/mol. The van der Waals surface area contributed by atoms with E-state index in [-0.39, 0.29) is 16.8 Å². The van der Waals surface area contributed by atoms with E-state index in [0.717, 1.165) is 36.8 Å². The number of hydrogen-bond donors (Lipinski definition) is 1. The maximum absolute atomic E-state index is 12.7. The number of aryl methyl sites for hydroxylation is 1. The van der Waals surface area contributed by atoms with Gasteiger partial charge in [-0.05, 0) is 49.9 Å². The van der Waals surface area contributed by atoms with Crippen LogP contribution in [0.15, 0.2) is 17.0 Å². The number of amides is 1. The summed E-state index contributed by atoms with van der Waals surface area (Å²) in [5.74, 6) is -0.131. The maximum atomic E-state index is 12.7. The molecule has 0 bridgehead atoms. The number of primary sulfonamides is 1. The predicted molar refractivity (Wildman–Crippen MR) is 81.6 cm³/mol. The third kappa shape index (κ3) is 3.27. The summed E-state index contributed by atoms with van der Waals surface area (Å²) in [5, 5.41) is 5.19. The van der Waals surface area contributed by atoms with Crippen molar-refractivity contribution in [2.75, 3.05) is 7.05 Å². The lowest BCUT2D eigenvalue weighted by atomic mass is 10.0. The number of carbonyl (C=O) groups is 1. The van der Waals surface area contributed by atoms with E-state index in [2.05, 4.69) is 0 Å². The van der Waals surface area contributed by atoms with Crippen molar-refractivity contribution >= 4 is 15.9 Å². The lowest BCUT2D eigenvalue weighted by Gasteiger charge is -2.25. The van der Waals surface area contributed by atoms with Gasteiger partial charge < -0.3 is 4.90 Å². The van der Waals surface area contributed by atoms with Crippen molar-refractivity contribution in [3.8, 4) is 0 Å². The Hall–Kier alpha value is -1.40. The fourth-order valence-corrected chi connectivity index (χ4v) is 3.48. The van der Waals surface area contributed by atoms with Crippen LogP contribution < -0.4 is 5.14 Å². The van der Waals surface area contributed by atoms with Crippen LogP contribution in [0.1, 0.15) is 47.2 Å². The normalized spacial score (nSPS) is 16.2. The Labute approximate surface area is 126 Å². The first-order chi connectivity index (χ1) is 9.71. The van der Waals surface area contributed by atoms with Crippen molar-refractivity contribution in [2.45, 2.75) is 50.5 Å². The molecular formula is C15H22N2O3S. The van der Waals surface area contributed by atoms with E-state index in [1.165, 1.54) is 12.1 Å². The van der Waals surface area contributed by atoms with Gasteiger partial charge in [0.15, 0.2) is 0 Å². The summed E-state index contributed by atoms with van der Waals surface area (Å²) in [6.07, 6.45) is 4.29. The third-order valence-corrected chi connectivity index (χ3v) is 5.29. The average molecular weight is 310 g/mol. The molecule has 1 saturated carbocycles. The van der Waals surface area contributed by atoms with Crippen molar-refractivity contribution < 1.29 is 13.2 Å². The van der Waals surface area contributed by atoms with Crippen LogP contribution >= 0.6 is 0 Å². The number of hydrogen-bond acceptors (Lipinski definition) is 3. The molecule has 0 radical (unpaired) electrons. The van der Waals surface area contributed by atoms with Gasteiger partial charge in [0.1, 0.15) is 0 Å². The van der Waals surface area contributed by atoms with Crippen LogP contribution in [0.5, 0.6) is 0 Å². The average Bonchev–Trinajstić information content (AvgIpc) is 2.92. The summed E-state index contributed by atoms with van der Waals surface area (Å²) in [6.45, 7) is 3.62.